The van der Waals surface area contributed by atoms with Crippen LogP contribution >= 0.6 is 11.3 Å². The molecular weight excluding hydrogens is 394 g/mol. The molecule has 1 aliphatic rings. The average Bonchev–Trinajstić information content (AvgIpc) is 3.33. The summed E-state index contributed by atoms with van der Waals surface area (Å²) < 4.78 is 5.31. The van der Waals surface area contributed by atoms with Gasteiger partial charge >= 0.3 is 0 Å². The minimum Gasteiger partial charge on any atom is -0.497 e. The third kappa shape index (κ3) is 3.23. The molecule has 0 spiro atoms. The van der Waals surface area contributed by atoms with Crippen LogP contribution in [0.2, 0.25) is 0 Å². The summed E-state index contributed by atoms with van der Waals surface area (Å²) in [5.41, 5.74) is 4.22. The van der Waals surface area contributed by atoms with Crippen LogP contribution in [-0.2, 0) is 5.54 Å². The fraction of sp³-hybridized carbons (Fsp3) is 0.208. The van der Waals surface area contributed by atoms with E-state index in [1.54, 1.807) is 30.7 Å². The van der Waals surface area contributed by atoms with Gasteiger partial charge in [0, 0.05) is 34.3 Å². The Labute approximate surface area is 178 Å². The number of nitrogens with one attached hydrogen (secondary N) is 1. The zero-order chi connectivity index (χ0) is 20.7. The number of aromatic nitrogens is 2. The minimum atomic E-state index is -0.388. The van der Waals surface area contributed by atoms with E-state index in [1.807, 2.05) is 36.7 Å². The molecule has 2 heterocycles. The van der Waals surface area contributed by atoms with E-state index >= 15 is 0 Å². The van der Waals surface area contributed by atoms with Gasteiger partial charge in [-0.1, -0.05) is 12.1 Å². The summed E-state index contributed by atoms with van der Waals surface area (Å²) in [5, 5.41) is 7.31. The Bertz CT molecular complexity index is 1250. The number of fused-ring (bicyclic) bond motifs is 1. The molecule has 1 amide bonds. The number of carbonyl (C=O) groups is 1. The highest BCUT2D eigenvalue weighted by atomic mass is 32.1. The molecule has 0 saturated heterocycles. The van der Waals surface area contributed by atoms with Crippen LogP contribution < -0.4 is 10.1 Å². The van der Waals surface area contributed by atoms with Crippen LogP contribution in [0.5, 0.6) is 5.75 Å². The number of hydrogen-bond donors (Lipinski definition) is 1. The van der Waals surface area contributed by atoms with Crippen molar-refractivity contribution in [1.29, 1.82) is 0 Å². The highest BCUT2D eigenvalue weighted by molar-refractivity contribution is 7.13. The third-order valence-electron chi connectivity index (χ3n) is 5.71. The van der Waals surface area contributed by atoms with Gasteiger partial charge in [-0.05, 0) is 61.2 Å². The maximum absolute atomic E-state index is 13.2. The molecule has 150 valence electrons. The number of methoxy groups -OCH3 is 1. The summed E-state index contributed by atoms with van der Waals surface area (Å²) in [6.07, 6.45) is 5.40. The Balaban J connectivity index is 1.57. The Morgan fingerprint density at radius 2 is 2.00 bits per heavy atom. The van der Waals surface area contributed by atoms with Crippen molar-refractivity contribution >= 4 is 28.1 Å². The summed E-state index contributed by atoms with van der Waals surface area (Å²) in [5.74, 6) is 0.594. The maximum atomic E-state index is 13.2. The van der Waals surface area contributed by atoms with Crippen molar-refractivity contribution in [1.82, 2.24) is 15.3 Å². The molecule has 1 aliphatic carbocycles. The van der Waals surface area contributed by atoms with E-state index in [-0.39, 0.29) is 11.4 Å². The lowest BCUT2D eigenvalue weighted by Crippen LogP contribution is -2.35. The molecule has 0 aliphatic heterocycles. The number of thiazole rings is 1. The van der Waals surface area contributed by atoms with E-state index in [0.717, 1.165) is 45.4 Å². The van der Waals surface area contributed by atoms with Crippen LogP contribution in [0.1, 0.15) is 34.3 Å². The van der Waals surface area contributed by atoms with Crippen molar-refractivity contribution in [2.75, 3.05) is 7.11 Å². The standard InChI is InChI=1S/C24H21N3O2S/c1-15-5-6-17(29-2)14-19(15)22(28)27-24(7-8-24)20-12-16(23-26-10-11-30-23)13-21-18(20)4-3-9-25-21/h3-6,9-14H,7-8H2,1-2H3,(H,27,28). The number of ether oxygens (including phenoxy) is 1. The highest BCUT2D eigenvalue weighted by Gasteiger charge is 2.47. The fourth-order valence-electron chi connectivity index (χ4n) is 3.91. The van der Waals surface area contributed by atoms with Crippen LogP contribution in [0, 0.1) is 6.92 Å². The van der Waals surface area contributed by atoms with Crippen molar-refractivity contribution in [3.63, 3.8) is 0 Å². The number of pyridine rings is 1. The van der Waals surface area contributed by atoms with Crippen LogP contribution in [0.4, 0.5) is 0 Å². The second kappa shape index (κ2) is 7.22. The van der Waals surface area contributed by atoms with Gasteiger partial charge in [-0.2, -0.15) is 0 Å². The number of rotatable bonds is 5. The van der Waals surface area contributed by atoms with Crippen LogP contribution in [0.15, 0.2) is 60.2 Å². The van der Waals surface area contributed by atoms with Crippen LogP contribution in [-0.4, -0.2) is 23.0 Å². The summed E-state index contributed by atoms with van der Waals surface area (Å²) in [4.78, 5) is 22.3. The van der Waals surface area contributed by atoms with Gasteiger partial charge in [0.25, 0.3) is 5.91 Å². The van der Waals surface area contributed by atoms with E-state index in [2.05, 4.69) is 33.5 Å². The first-order valence-electron chi connectivity index (χ1n) is 9.86. The quantitative estimate of drug-likeness (QED) is 0.493. The average molecular weight is 416 g/mol. The molecule has 1 N–H and O–H groups in total. The molecule has 2 aromatic carbocycles. The lowest BCUT2D eigenvalue weighted by Gasteiger charge is -2.21. The van der Waals surface area contributed by atoms with Crippen molar-refractivity contribution in [2.45, 2.75) is 25.3 Å². The molecule has 6 heteroatoms. The van der Waals surface area contributed by atoms with E-state index < -0.39 is 0 Å². The first-order valence-corrected chi connectivity index (χ1v) is 10.7. The molecule has 5 nitrogen and oxygen atoms in total. The van der Waals surface area contributed by atoms with Gasteiger partial charge in [-0.25, -0.2) is 4.98 Å². The van der Waals surface area contributed by atoms with Crippen molar-refractivity contribution in [3.8, 4) is 16.3 Å². The van der Waals surface area contributed by atoms with Crippen LogP contribution in [0.25, 0.3) is 21.5 Å². The number of aryl methyl sites for hydroxylation is 1. The molecule has 30 heavy (non-hydrogen) atoms. The van der Waals surface area contributed by atoms with Gasteiger partial charge in [0.1, 0.15) is 10.8 Å². The smallest absolute Gasteiger partial charge is 0.252 e. The predicted octanol–water partition coefficient (Wildman–Crippen LogP) is 5.09. The largest absolute Gasteiger partial charge is 0.497 e. The first kappa shape index (κ1) is 18.8. The molecule has 0 atom stereocenters. The monoisotopic (exact) mass is 415 g/mol. The lowest BCUT2D eigenvalue weighted by molar-refractivity contribution is 0.0930. The summed E-state index contributed by atoms with van der Waals surface area (Å²) in [6, 6.07) is 13.8. The lowest BCUT2D eigenvalue weighted by atomic mass is 9.95. The number of benzene rings is 2. The number of hydrogen-bond acceptors (Lipinski definition) is 5. The maximum Gasteiger partial charge on any atom is 0.252 e. The van der Waals surface area contributed by atoms with E-state index in [9.17, 15) is 4.79 Å². The van der Waals surface area contributed by atoms with Gasteiger partial charge in [0.2, 0.25) is 0 Å². The Kier molecular flexibility index (Phi) is 4.51. The molecule has 5 rings (SSSR count). The van der Waals surface area contributed by atoms with Crippen molar-refractivity contribution in [3.05, 3.63) is 76.9 Å². The van der Waals surface area contributed by atoms with Gasteiger partial charge in [-0.15, -0.1) is 11.3 Å². The van der Waals surface area contributed by atoms with Crippen LogP contribution in [0.3, 0.4) is 0 Å². The number of carbonyl (C=O) groups excluding carboxylic acids is 1. The van der Waals surface area contributed by atoms with Gasteiger partial charge in [0.15, 0.2) is 0 Å². The molecule has 0 unspecified atom stereocenters. The van der Waals surface area contributed by atoms with Gasteiger partial charge in [0.05, 0.1) is 18.2 Å². The zero-order valence-electron chi connectivity index (χ0n) is 16.8. The van der Waals surface area contributed by atoms with Crippen molar-refractivity contribution in [2.24, 2.45) is 0 Å². The third-order valence-corrected chi connectivity index (χ3v) is 6.53. The summed E-state index contributed by atoms with van der Waals surface area (Å²) in [7, 11) is 1.61. The molecule has 1 fully saturated rings. The second-order valence-corrected chi connectivity index (χ2v) is 8.54. The Hall–Kier alpha value is -3.25. The van der Waals surface area contributed by atoms with Gasteiger partial charge < -0.3 is 10.1 Å². The Morgan fingerprint density at radius 3 is 2.73 bits per heavy atom. The molecular formula is C24H21N3O2S. The van der Waals surface area contributed by atoms with E-state index in [0.29, 0.717) is 11.3 Å². The van der Waals surface area contributed by atoms with E-state index in [4.69, 9.17) is 4.74 Å². The fourth-order valence-corrected chi connectivity index (χ4v) is 4.54. The highest BCUT2D eigenvalue weighted by Crippen LogP contribution is 2.49. The first-order chi connectivity index (χ1) is 14.6. The Morgan fingerprint density at radius 1 is 1.13 bits per heavy atom. The van der Waals surface area contributed by atoms with Gasteiger partial charge in [-0.3, -0.25) is 9.78 Å². The molecule has 2 aromatic heterocycles. The predicted molar refractivity (Wildman–Crippen MR) is 119 cm³/mol. The zero-order valence-corrected chi connectivity index (χ0v) is 17.6. The second-order valence-electron chi connectivity index (χ2n) is 7.65. The van der Waals surface area contributed by atoms with E-state index in [1.165, 1.54) is 0 Å². The topological polar surface area (TPSA) is 64.1 Å². The molecule has 0 bridgehead atoms. The number of amides is 1. The minimum absolute atomic E-state index is 0.0828. The molecule has 1 saturated carbocycles. The molecule has 0 radical (unpaired) electrons. The van der Waals surface area contributed by atoms with Crippen molar-refractivity contribution < 1.29 is 9.53 Å². The molecule has 4 aromatic rings. The summed E-state index contributed by atoms with van der Waals surface area (Å²) in [6.45, 7) is 1.94. The number of nitrogens with zero attached hydrogens (tertiary/aromatic N) is 2. The normalized spacial score (nSPS) is 14.5. The summed E-state index contributed by atoms with van der Waals surface area (Å²) >= 11 is 1.60. The SMILES string of the molecule is COc1ccc(C)c(C(=O)NC2(c3cc(-c4nccs4)cc4ncccc34)CC2)c1.